The van der Waals surface area contributed by atoms with Gasteiger partial charge in [0.2, 0.25) is 0 Å². The van der Waals surface area contributed by atoms with E-state index in [1.807, 2.05) is 40.9 Å². The van der Waals surface area contributed by atoms with Crippen LogP contribution in [0.15, 0.2) is 24.3 Å². The minimum absolute atomic E-state index is 0.00579. The molecule has 3 rings (SSSR count). The van der Waals surface area contributed by atoms with E-state index in [-0.39, 0.29) is 12.3 Å². The highest BCUT2D eigenvalue weighted by Crippen LogP contribution is 2.40. The first-order chi connectivity index (χ1) is 9.62. The maximum Gasteiger partial charge on any atom is 0.305 e. The summed E-state index contributed by atoms with van der Waals surface area (Å²) in [4.78, 5) is 25.7. The predicted octanol–water partition coefficient (Wildman–Crippen LogP) is 2.38. The first-order valence-electron chi connectivity index (χ1n) is 6.82. The molecule has 0 aromatic heterocycles. The van der Waals surface area contributed by atoms with Crippen molar-refractivity contribution in [3.05, 3.63) is 35.4 Å². The van der Waals surface area contributed by atoms with Crippen LogP contribution in [0.1, 0.15) is 35.2 Å². The molecule has 0 radical (unpaired) electrons. The Hall–Kier alpha value is -1.49. The van der Waals surface area contributed by atoms with E-state index in [9.17, 15) is 14.7 Å². The highest BCUT2D eigenvalue weighted by molar-refractivity contribution is 7.99. The lowest BCUT2D eigenvalue weighted by Crippen LogP contribution is -2.52. The van der Waals surface area contributed by atoms with Gasteiger partial charge in [0, 0.05) is 12.1 Å². The molecule has 0 atom stereocenters. The van der Waals surface area contributed by atoms with Gasteiger partial charge in [-0.15, -0.1) is 0 Å². The first kappa shape index (κ1) is 13.5. The predicted molar refractivity (Wildman–Crippen MR) is 77.9 cm³/mol. The van der Waals surface area contributed by atoms with Crippen molar-refractivity contribution >= 4 is 23.6 Å². The van der Waals surface area contributed by atoms with Crippen molar-refractivity contribution in [2.24, 2.45) is 0 Å². The summed E-state index contributed by atoms with van der Waals surface area (Å²) >= 11 is 1.84. The van der Waals surface area contributed by atoms with Crippen LogP contribution in [0.25, 0.3) is 0 Å². The van der Waals surface area contributed by atoms with E-state index >= 15 is 0 Å². The van der Waals surface area contributed by atoms with E-state index in [4.69, 9.17) is 0 Å². The monoisotopic (exact) mass is 291 g/mol. The smallest absolute Gasteiger partial charge is 0.305 e. The largest absolute Gasteiger partial charge is 0.481 e. The normalized spacial score (nSPS) is 20.8. The second-order valence-electron chi connectivity index (χ2n) is 5.46. The molecule has 0 aliphatic carbocycles. The Balaban J connectivity index is 1.94. The Morgan fingerprint density at radius 3 is 2.65 bits per heavy atom. The highest BCUT2D eigenvalue weighted by Gasteiger charge is 2.45. The van der Waals surface area contributed by atoms with Crippen LogP contribution in [0.4, 0.5) is 0 Å². The van der Waals surface area contributed by atoms with Crippen LogP contribution in [-0.4, -0.2) is 38.9 Å². The Bertz CT molecular complexity index is 552. The molecule has 20 heavy (non-hydrogen) atoms. The average molecular weight is 291 g/mol. The molecule has 0 spiro atoms. The third-order valence-corrected chi connectivity index (χ3v) is 5.28. The van der Waals surface area contributed by atoms with Crippen molar-refractivity contribution in [2.75, 3.05) is 11.5 Å². The number of amides is 1. The molecule has 1 aromatic carbocycles. The lowest BCUT2D eigenvalue weighted by Gasteiger charge is -2.43. The van der Waals surface area contributed by atoms with Crippen LogP contribution in [0, 0.1) is 0 Å². The lowest BCUT2D eigenvalue weighted by molar-refractivity contribution is -0.140. The number of carbonyl (C=O) groups excluding carboxylic acids is 1. The van der Waals surface area contributed by atoms with Gasteiger partial charge in [-0.2, -0.15) is 11.8 Å². The molecule has 1 fully saturated rings. The standard InChI is InChI=1S/C15H17NO3S/c17-13(18)9-15(5-7-20-8-6-15)16-10-11-3-1-2-4-12(11)14(16)19/h1-4H,5-10H2,(H,17,18). The molecule has 2 aliphatic rings. The minimum atomic E-state index is -0.819. The SMILES string of the molecule is O=C(O)CC1(N2Cc3ccccc3C2=O)CCSCC1. The van der Waals surface area contributed by atoms with Crippen molar-refractivity contribution in [1.82, 2.24) is 4.90 Å². The minimum Gasteiger partial charge on any atom is -0.481 e. The van der Waals surface area contributed by atoms with Gasteiger partial charge in [0.05, 0.1) is 12.0 Å². The number of carboxylic acid groups (broad SMARTS) is 1. The molecule has 1 amide bonds. The molecule has 0 unspecified atom stereocenters. The summed E-state index contributed by atoms with van der Waals surface area (Å²) < 4.78 is 0. The molecule has 1 saturated heterocycles. The highest BCUT2D eigenvalue weighted by atomic mass is 32.2. The Kier molecular flexibility index (Phi) is 3.46. The summed E-state index contributed by atoms with van der Waals surface area (Å²) in [5.41, 5.74) is 1.24. The third kappa shape index (κ3) is 2.20. The van der Waals surface area contributed by atoms with Crippen molar-refractivity contribution in [3.8, 4) is 0 Å². The van der Waals surface area contributed by atoms with Crippen LogP contribution >= 0.6 is 11.8 Å². The van der Waals surface area contributed by atoms with E-state index in [2.05, 4.69) is 0 Å². The summed E-state index contributed by atoms with van der Waals surface area (Å²) in [6.45, 7) is 0.549. The first-order valence-corrected chi connectivity index (χ1v) is 7.97. The fourth-order valence-corrected chi connectivity index (χ4v) is 4.47. The summed E-state index contributed by atoms with van der Waals surface area (Å²) in [6, 6.07) is 7.58. The molecule has 1 N–H and O–H groups in total. The zero-order valence-corrected chi connectivity index (χ0v) is 12.0. The van der Waals surface area contributed by atoms with Crippen molar-refractivity contribution < 1.29 is 14.7 Å². The molecular weight excluding hydrogens is 274 g/mol. The van der Waals surface area contributed by atoms with E-state index in [1.165, 1.54) is 0 Å². The number of nitrogens with zero attached hydrogens (tertiary/aromatic N) is 1. The van der Waals surface area contributed by atoms with Crippen LogP contribution in [0.2, 0.25) is 0 Å². The molecule has 106 valence electrons. The molecule has 0 saturated carbocycles. The number of carbonyl (C=O) groups is 2. The van der Waals surface area contributed by atoms with Gasteiger partial charge in [0.1, 0.15) is 0 Å². The average Bonchev–Trinajstić information content (AvgIpc) is 2.78. The van der Waals surface area contributed by atoms with Crippen LogP contribution in [-0.2, 0) is 11.3 Å². The third-order valence-electron chi connectivity index (χ3n) is 4.30. The molecule has 2 aliphatic heterocycles. The fraction of sp³-hybridized carbons (Fsp3) is 0.467. The lowest BCUT2D eigenvalue weighted by atomic mass is 9.86. The van der Waals surface area contributed by atoms with Crippen LogP contribution < -0.4 is 0 Å². The summed E-state index contributed by atoms with van der Waals surface area (Å²) in [7, 11) is 0. The quantitative estimate of drug-likeness (QED) is 0.929. The molecular formula is C15H17NO3S. The molecule has 4 nitrogen and oxygen atoms in total. The number of aliphatic carboxylic acids is 1. The zero-order valence-electron chi connectivity index (χ0n) is 11.2. The van der Waals surface area contributed by atoms with E-state index in [1.54, 1.807) is 0 Å². The Labute approximate surface area is 122 Å². The van der Waals surface area contributed by atoms with Gasteiger partial charge in [-0.25, -0.2) is 0 Å². The maximum absolute atomic E-state index is 12.6. The topological polar surface area (TPSA) is 57.6 Å². The van der Waals surface area contributed by atoms with Crippen molar-refractivity contribution in [2.45, 2.75) is 31.3 Å². The number of rotatable bonds is 3. The molecule has 5 heteroatoms. The Morgan fingerprint density at radius 2 is 2.00 bits per heavy atom. The summed E-state index contributed by atoms with van der Waals surface area (Å²) in [5, 5.41) is 9.25. The van der Waals surface area contributed by atoms with Crippen LogP contribution in [0.3, 0.4) is 0 Å². The van der Waals surface area contributed by atoms with E-state index in [0.29, 0.717) is 6.54 Å². The molecule has 1 aromatic rings. The molecule has 0 bridgehead atoms. The van der Waals surface area contributed by atoms with E-state index < -0.39 is 11.5 Å². The molecule has 2 heterocycles. The van der Waals surface area contributed by atoms with Gasteiger partial charge < -0.3 is 10.0 Å². The number of thioether (sulfide) groups is 1. The van der Waals surface area contributed by atoms with E-state index in [0.717, 1.165) is 35.5 Å². The number of hydrogen-bond donors (Lipinski definition) is 1. The van der Waals surface area contributed by atoms with Gasteiger partial charge in [-0.05, 0) is 36.0 Å². The second-order valence-corrected chi connectivity index (χ2v) is 6.68. The second kappa shape index (κ2) is 5.13. The van der Waals surface area contributed by atoms with Crippen molar-refractivity contribution in [3.63, 3.8) is 0 Å². The number of hydrogen-bond acceptors (Lipinski definition) is 3. The summed E-state index contributed by atoms with van der Waals surface area (Å²) in [5.74, 6) is 1.02. The number of benzene rings is 1. The van der Waals surface area contributed by atoms with Gasteiger partial charge in [-0.1, -0.05) is 18.2 Å². The van der Waals surface area contributed by atoms with Crippen LogP contribution in [0.5, 0.6) is 0 Å². The number of carboxylic acids is 1. The fourth-order valence-electron chi connectivity index (χ4n) is 3.21. The number of fused-ring (bicyclic) bond motifs is 1. The van der Waals surface area contributed by atoms with Crippen molar-refractivity contribution in [1.29, 1.82) is 0 Å². The van der Waals surface area contributed by atoms with Gasteiger partial charge in [0.15, 0.2) is 0 Å². The summed E-state index contributed by atoms with van der Waals surface area (Å²) in [6.07, 6.45) is 1.58. The van der Waals surface area contributed by atoms with Gasteiger partial charge >= 0.3 is 5.97 Å². The van der Waals surface area contributed by atoms with Gasteiger partial charge in [0.25, 0.3) is 5.91 Å². The Morgan fingerprint density at radius 1 is 1.30 bits per heavy atom. The maximum atomic E-state index is 12.6. The van der Waals surface area contributed by atoms with Gasteiger partial charge in [-0.3, -0.25) is 9.59 Å². The zero-order chi connectivity index (χ0) is 14.2.